The van der Waals surface area contributed by atoms with Crippen LogP contribution >= 0.6 is 0 Å². The van der Waals surface area contributed by atoms with Crippen molar-refractivity contribution < 1.29 is 19.1 Å². The van der Waals surface area contributed by atoms with Crippen molar-refractivity contribution in [2.45, 2.75) is 44.8 Å². The molecule has 1 saturated heterocycles. The molecule has 190 valence electrons. The molecule has 1 fully saturated rings. The summed E-state index contributed by atoms with van der Waals surface area (Å²) in [6, 6.07) is 21.8. The average molecular weight is 498 g/mol. The van der Waals surface area contributed by atoms with Gasteiger partial charge in [0.15, 0.2) is 0 Å². The van der Waals surface area contributed by atoms with Crippen LogP contribution in [0.15, 0.2) is 72.8 Å². The molecule has 3 aromatic rings. The van der Waals surface area contributed by atoms with E-state index in [1.165, 1.54) is 0 Å². The Hall–Kier alpha value is -4.13. The second kappa shape index (κ2) is 10.5. The zero-order valence-corrected chi connectivity index (χ0v) is 21.1. The van der Waals surface area contributed by atoms with E-state index in [4.69, 9.17) is 4.74 Å². The Labute approximate surface area is 217 Å². The highest BCUT2D eigenvalue weighted by molar-refractivity contribution is 6.11. The third-order valence-corrected chi connectivity index (χ3v) is 7.28. The fraction of sp³-hybridized carbons (Fsp3) is 0.300. The predicted molar refractivity (Wildman–Crippen MR) is 142 cm³/mol. The van der Waals surface area contributed by atoms with Gasteiger partial charge in [0.2, 0.25) is 5.91 Å². The van der Waals surface area contributed by atoms with Gasteiger partial charge in [-0.15, -0.1) is 0 Å². The molecule has 7 nitrogen and oxygen atoms in total. The third-order valence-electron chi connectivity index (χ3n) is 7.28. The Bertz CT molecular complexity index is 1300. The van der Waals surface area contributed by atoms with Gasteiger partial charge in [0, 0.05) is 12.1 Å². The Morgan fingerprint density at radius 3 is 2.46 bits per heavy atom. The maximum atomic E-state index is 13.5. The molecule has 0 aromatic heterocycles. The summed E-state index contributed by atoms with van der Waals surface area (Å²) in [5.74, 6) is 0.486. The maximum absolute atomic E-state index is 13.5. The SMILES string of the molecule is CC[C@@H](NC(=O)c1ccc(CN2C(=O)[C@@H]3CCCN3C(=O)c3ccccc32)cc1)c1ccc(OC)cc1. The summed E-state index contributed by atoms with van der Waals surface area (Å²) < 4.78 is 5.23. The van der Waals surface area contributed by atoms with Gasteiger partial charge in [-0.1, -0.05) is 43.3 Å². The lowest BCUT2D eigenvalue weighted by Crippen LogP contribution is -2.44. The number of nitrogens with one attached hydrogen (secondary N) is 1. The Balaban J connectivity index is 1.33. The number of fused-ring (bicyclic) bond motifs is 2. The fourth-order valence-corrected chi connectivity index (χ4v) is 5.22. The number of carbonyl (C=O) groups is 3. The van der Waals surface area contributed by atoms with E-state index in [-0.39, 0.29) is 23.8 Å². The quantitative estimate of drug-likeness (QED) is 0.512. The minimum absolute atomic E-state index is 0.0529. The van der Waals surface area contributed by atoms with E-state index in [2.05, 4.69) is 5.32 Å². The van der Waals surface area contributed by atoms with Gasteiger partial charge < -0.3 is 19.9 Å². The molecule has 2 heterocycles. The van der Waals surface area contributed by atoms with Crippen molar-refractivity contribution in [1.29, 1.82) is 0 Å². The van der Waals surface area contributed by atoms with Crippen molar-refractivity contribution in [2.75, 3.05) is 18.6 Å². The first-order chi connectivity index (χ1) is 18.0. The standard InChI is InChI=1S/C30H31N3O4/c1-3-25(21-14-16-23(37-2)17-15-21)31-28(34)22-12-10-20(11-13-22)19-33-26-8-5-4-7-24(26)29(35)32-18-6-9-27(32)30(33)36/h4-5,7-8,10-17,25,27H,3,6,9,18-19H2,1-2H3,(H,31,34)/t25-,27+/m1/s1. The van der Waals surface area contributed by atoms with Gasteiger partial charge in [0.1, 0.15) is 11.8 Å². The first kappa shape index (κ1) is 24.6. The van der Waals surface area contributed by atoms with Crippen molar-refractivity contribution in [1.82, 2.24) is 10.2 Å². The van der Waals surface area contributed by atoms with Gasteiger partial charge in [0.25, 0.3) is 11.8 Å². The minimum Gasteiger partial charge on any atom is -0.497 e. The van der Waals surface area contributed by atoms with Crippen LogP contribution in [0.4, 0.5) is 5.69 Å². The number of anilines is 1. The van der Waals surface area contributed by atoms with E-state index >= 15 is 0 Å². The highest BCUT2D eigenvalue weighted by atomic mass is 16.5. The monoisotopic (exact) mass is 497 g/mol. The zero-order valence-electron chi connectivity index (χ0n) is 21.1. The molecule has 1 N–H and O–H groups in total. The van der Waals surface area contributed by atoms with Crippen molar-refractivity contribution >= 4 is 23.4 Å². The lowest BCUT2D eigenvalue weighted by Gasteiger charge is -2.26. The molecular weight excluding hydrogens is 466 g/mol. The molecule has 0 radical (unpaired) electrons. The largest absolute Gasteiger partial charge is 0.497 e. The summed E-state index contributed by atoms with van der Waals surface area (Å²) in [7, 11) is 1.63. The normalized spacial score (nSPS) is 17.6. The van der Waals surface area contributed by atoms with Crippen LogP contribution in [0.2, 0.25) is 0 Å². The summed E-state index contributed by atoms with van der Waals surface area (Å²) in [5, 5.41) is 3.11. The van der Waals surface area contributed by atoms with Gasteiger partial charge in [-0.25, -0.2) is 0 Å². The number of para-hydroxylation sites is 1. The van der Waals surface area contributed by atoms with Gasteiger partial charge in [-0.2, -0.15) is 0 Å². The Kier molecular flexibility index (Phi) is 6.95. The van der Waals surface area contributed by atoms with Gasteiger partial charge in [0.05, 0.1) is 30.9 Å². The van der Waals surface area contributed by atoms with E-state index in [0.29, 0.717) is 36.3 Å². The van der Waals surface area contributed by atoms with Crippen LogP contribution in [-0.4, -0.2) is 42.3 Å². The molecule has 3 amide bonds. The average Bonchev–Trinajstić information content (AvgIpc) is 3.42. The van der Waals surface area contributed by atoms with Crippen molar-refractivity contribution in [3.05, 3.63) is 95.1 Å². The van der Waals surface area contributed by atoms with Crippen LogP contribution in [0.3, 0.4) is 0 Å². The lowest BCUT2D eigenvalue weighted by atomic mass is 10.0. The number of ether oxygens (including phenoxy) is 1. The smallest absolute Gasteiger partial charge is 0.256 e. The molecule has 0 saturated carbocycles. The highest BCUT2D eigenvalue weighted by Crippen LogP contribution is 2.33. The molecular formula is C30H31N3O4. The highest BCUT2D eigenvalue weighted by Gasteiger charge is 2.41. The molecule has 2 aliphatic rings. The molecule has 0 spiro atoms. The van der Waals surface area contributed by atoms with Crippen molar-refractivity contribution in [2.24, 2.45) is 0 Å². The van der Waals surface area contributed by atoms with Gasteiger partial charge in [-0.3, -0.25) is 14.4 Å². The molecule has 2 aliphatic heterocycles. The molecule has 7 heteroatoms. The molecule has 0 aliphatic carbocycles. The number of amides is 3. The number of carbonyl (C=O) groups excluding carboxylic acids is 3. The number of hydrogen-bond acceptors (Lipinski definition) is 4. The van der Waals surface area contributed by atoms with Crippen LogP contribution in [0, 0.1) is 0 Å². The van der Waals surface area contributed by atoms with Crippen LogP contribution in [0.25, 0.3) is 0 Å². The first-order valence-electron chi connectivity index (χ1n) is 12.7. The minimum atomic E-state index is -0.422. The molecule has 2 atom stereocenters. The molecule has 0 unspecified atom stereocenters. The second-order valence-corrected chi connectivity index (χ2v) is 9.50. The molecule has 37 heavy (non-hydrogen) atoms. The fourth-order valence-electron chi connectivity index (χ4n) is 5.22. The van der Waals surface area contributed by atoms with E-state index in [1.54, 1.807) is 35.1 Å². The molecule has 0 bridgehead atoms. The second-order valence-electron chi connectivity index (χ2n) is 9.50. The van der Waals surface area contributed by atoms with Crippen molar-refractivity contribution in [3.8, 4) is 5.75 Å². The third kappa shape index (κ3) is 4.81. The summed E-state index contributed by atoms with van der Waals surface area (Å²) in [4.78, 5) is 43.0. The zero-order chi connectivity index (χ0) is 25.9. The summed E-state index contributed by atoms with van der Waals surface area (Å²) >= 11 is 0. The van der Waals surface area contributed by atoms with Crippen LogP contribution in [0.1, 0.15) is 64.1 Å². The molecule has 3 aromatic carbocycles. The van der Waals surface area contributed by atoms with E-state index < -0.39 is 6.04 Å². The number of benzene rings is 3. The van der Waals surface area contributed by atoms with E-state index in [1.807, 2.05) is 61.5 Å². The topological polar surface area (TPSA) is 79.0 Å². The Morgan fingerprint density at radius 2 is 1.76 bits per heavy atom. The summed E-state index contributed by atoms with van der Waals surface area (Å²) in [6.07, 6.45) is 2.27. The molecule has 5 rings (SSSR count). The maximum Gasteiger partial charge on any atom is 0.256 e. The van der Waals surface area contributed by atoms with Crippen molar-refractivity contribution in [3.63, 3.8) is 0 Å². The van der Waals surface area contributed by atoms with Crippen LogP contribution in [-0.2, 0) is 11.3 Å². The summed E-state index contributed by atoms with van der Waals surface area (Å²) in [6.45, 7) is 2.97. The predicted octanol–water partition coefficient (Wildman–Crippen LogP) is 4.73. The number of rotatable bonds is 7. The number of hydrogen-bond donors (Lipinski definition) is 1. The van der Waals surface area contributed by atoms with Crippen LogP contribution in [0.5, 0.6) is 5.75 Å². The van der Waals surface area contributed by atoms with Crippen LogP contribution < -0.4 is 15.0 Å². The van der Waals surface area contributed by atoms with Gasteiger partial charge in [-0.05, 0) is 66.8 Å². The number of nitrogens with zero attached hydrogens (tertiary/aromatic N) is 2. The first-order valence-corrected chi connectivity index (χ1v) is 12.7. The van der Waals surface area contributed by atoms with Gasteiger partial charge >= 0.3 is 0 Å². The Morgan fingerprint density at radius 1 is 1.03 bits per heavy atom. The van der Waals surface area contributed by atoms with E-state index in [0.717, 1.165) is 29.7 Å². The van der Waals surface area contributed by atoms with E-state index in [9.17, 15) is 14.4 Å². The number of methoxy groups -OCH3 is 1. The lowest BCUT2D eigenvalue weighted by molar-refractivity contribution is -0.122. The summed E-state index contributed by atoms with van der Waals surface area (Å²) in [5.41, 5.74) is 3.65.